The van der Waals surface area contributed by atoms with Gasteiger partial charge in [-0.15, -0.1) is 0 Å². The Morgan fingerprint density at radius 3 is 2.11 bits per heavy atom. The van der Waals surface area contributed by atoms with Gasteiger partial charge in [-0.3, -0.25) is 0 Å². The molecule has 0 atom stereocenters. The van der Waals surface area contributed by atoms with Gasteiger partial charge in [0, 0.05) is 0 Å². The largest absolute Gasteiger partial charge is 0.458 e. The predicted octanol–water partition coefficient (Wildman–Crippen LogP) is 2.17. The molecule has 0 aliphatic carbocycles. The molecule has 0 aliphatic rings. The van der Waals surface area contributed by atoms with Crippen LogP contribution in [0.2, 0.25) is 0 Å². The molecule has 0 N–H and O–H groups in total. The van der Waals surface area contributed by atoms with Gasteiger partial charge in [0.15, 0.2) is 0 Å². The minimum Gasteiger partial charge on any atom is -0.458 e. The zero-order valence-electron chi connectivity index (χ0n) is 9.28. The standard InChI is InChI=1S/C11H9F3O4/c1-2-17-9(15)10(16)18-8-5-3-7(4-6-8)11(12,13)14/h3-6H,2H2,1H3. The van der Waals surface area contributed by atoms with Crippen molar-refractivity contribution < 1.29 is 32.2 Å². The normalized spacial score (nSPS) is 10.9. The van der Waals surface area contributed by atoms with Crippen LogP contribution in [0.15, 0.2) is 24.3 Å². The molecule has 0 aliphatic heterocycles. The molecule has 0 saturated heterocycles. The number of ether oxygens (including phenoxy) is 2. The van der Waals surface area contributed by atoms with Crippen molar-refractivity contribution >= 4 is 11.9 Å². The highest BCUT2D eigenvalue weighted by atomic mass is 19.4. The van der Waals surface area contributed by atoms with Crippen molar-refractivity contribution in [3.8, 4) is 5.75 Å². The second-order valence-corrected chi connectivity index (χ2v) is 3.13. The summed E-state index contributed by atoms with van der Waals surface area (Å²) in [6.45, 7) is 1.50. The maximum Gasteiger partial charge on any atom is 0.422 e. The van der Waals surface area contributed by atoms with Crippen molar-refractivity contribution in [3.05, 3.63) is 29.8 Å². The fourth-order valence-electron chi connectivity index (χ4n) is 1.05. The number of halogens is 3. The number of alkyl halides is 3. The Bertz CT molecular complexity index is 437. The summed E-state index contributed by atoms with van der Waals surface area (Å²) in [6.07, 6.45) is -4.47. The van der Waals surface area contributed by atoms with E-state index in [4.69, 9.17) is 0 Å². The molecule has 1 aromatic rings. The van der Waals surface area contributed by atoms with Crippen LogP contribution >= 0.6 is 0 Å². The summed E-state index contributed by atoms with van der Waals surface area (Å²) in [5, 5.41) is 0. The first-order valence-corrected chi connectivity index (χ1v) is 4.90. The van der Waals surface area contributed by atoms with Gasteiger partial charge in [0.05, 0.1) is 12.2 Å². The van der Waals surface area contributed by atoms with Gasteiger partial charge in [0.2, 0.25) is 0 Å². The Balaban J connectivity index is 2.70. The van der Waals surface area contributed by atoms with Crippen molar-refractivity contribution in [3.63, 3.8) is 0 Å². The SMILES string of the molecule is CCOC(=O)C(=O)Oc1ccc(C(F)(F)F)cc1. The van der Waals surface area contributed by atoms with Gasteiger partial charge in [-0.05, 0) is 31.2 Å². The maximum atomic E-state index is 12.2. The monoisotopic (exact) mass is 262 g/mol. The quantitative estimate of drug-likeness (QED) is 0.465. The van der Waals surface area contributed by atoms with E-state index in [2.05, 4.69) is 9.47 Å². The first-order chi connectivity index (χ1) is 8.34. The summed E-state index contributed by atoms with van der Waals surface area (Å²) in [7, 11) is 0. The second kappa shape index (κ2) is 5.52. The molecule has 0 fully saturated rings. The molecular formula is C11H9F3O4. The molecular weight excluding hydrogens is 253 g/mol. The third-order valence-corrected chi connectivity index (χ3v) is 1.83. The summed E-state index contributed by atoms with van der Waals surface area (Å²) in [5.74, 6) is -2.64. The van der Waals surface area contributed by atoms with E-state index in [9.17, 15) is 22.8 Å². The Hall–Kier alpha value is -2.05. The lowest BCUT2D eigenvalue weighted by Gasteiger charge is -2.07. The Morgan fingerprint density at radius 1 is 1.11 bits per heavy atom. The minimum absolute atomic E-state index is 0.000937. The smallest absolute Gasteiger partial charge is 0.422 e. The van der Waals surface area contributed by atoms with Crippen LogP contribution in [0.3, 0.4) is 0 Å². The summed E-state index contributed by atoms with van der Waals surface area (Å²) >= 11 is 0. The van der Waals surface area contributed by atoms with Gasteiger partial charge in [0.25, 0.3) is 0 Å². The van der Waals surface area contributed by atoms with Crippen LogP contribution in [-0.2, 0) is 20.5 Å². The number of carbonyl (C=O) groups is 2. The molecule has 1 aromatic carbocycles. The fraction of sp³-hybridized carbons (Fsp3) is 0.273. The molecule has 4 nitrogen and oxygen atoms in total. The molecule has 0 aromatic heterocycles. The third kappa shape index (κ3) is 3.76. The lowest BCUT2D eigenvalue weighted by Crippen LogP contribution is -2.22. The van der Waals surface area contributed by atoms with Gasteiger partial charge >= 0.3 is 18.1 Å². The Morgan fingerprint density at radius 2 is 1.67 bits per heavy atom. The van der Waals surface area contributed by atoms with Crippen LogP contribution in [-0.4, -0.2) is 18.5 Å². The summed E-state index contributed by atoms with van der Waals surface area (Å²) in [6, 6.07) is 3.38. The van der Waals surface area contributed by atoms with Crippen molar-refractivity contribution in [2.45, 2.75) is 13.1 Å². The molecule has 18 heavy (non-hydrogen) atoms. The number of benzene rings is 1. The van der Waals surface area contributed by atoms with Gasteiger partial charge in [-0.25, -0.2) is 9.59 Å². The molecule has 98 valence electrons. The highest BCUT2D eigenvalue weighted by Crippen LogP contribution is 2.30. The third-order valence-electron chi connectivity index (χ3n) is 1.83. The number of hydrogen-bond acceptors (Lipinski definition) is 4. The lowest BCUT2D eigenvalue weighted by molar-refractivity contribution is -0.161. The molecule has 7 heteroatoms. The van der Waals surface area contributed by atoms with E-state index in [-0.39, 0.29) is 12.4 Å². The van der Waals surface area contributed by atoms with E-state index in [0.29, 0.717) is 0 Å². The molecule has 1 rings (SSSR count). The lowest BCUT2D eigenvalue weighted by atomic mass is 10.2. The molecule has 0 saturated carbocycles. The Labute approximate surface area is 100 Å². The van der Waals surface area contributed by atoms with Gasteiger partial charge < -0.3 is 9.47 Å². The first kappa shape index (κ1) is 14.0. The average molecular weight is 262 g/mol. The van der Waals surface area contributed by atoms with E-state index < -0.39 is 23.7 Å². The van der Waals surface area contributed by atoms with E-state index in [1.807, 2.05) is 0 Å². The molecule has 0 radical (unpaired) electrons. The number of carbonyl (C=O) groups excluding carboxylic acids is 2. The topological polar surface area (TPSA) is 52.6 Å². The van der Waals surface area contributed by atoms with Crippen LogP contribution < -0.4 is 4.74 Å². The maximum absolute atomic E-state index is 12.2. The number of hydrogen-bond donors (Lipinski definition) is 0. The van der Waals surface area contributed by atoms with E-state index in [0.717, 1.165) is 24.3 Å². The zero-order chi connectivity index (χ0) is 13.8. The average Bonchev–Trinajstić information content (AvgIpc) is 2.28. The second-order valence-electron chi connectivity index (χ2n) is 3.13. The predicted molar refractivity (Wildman–Crippen MR) is 53.7 cm³/mol. The zero-order valence-corrected chi connectivity index (χ0v) is 9.28. The van der Waals surface area contributed by atoms with E-state index >= 15 is 0 Å². The van der Waals surface area contributed by atoms with Crippen molar-refractivity contribution in [1.29, 1.82) is 0 Å². The van der Waals surface area contributed by atoms with Crippen LogP contribution in [0.1, 0.15) is 12.5 Å². The Kier molecular flexibility index (Phi) is 4.30. The van der Waals surface area contributed by atoms with E-state index in [1.54, 1.807) is 0 Å². The van der Waals surface area contributed by atoms with Gasteiger partial charge in [-0.1, -0.05) is 0 Å². The van der Waals surface area contributed by atoms with Crippen LogP contribution in [0.5, 0.6) is 5.75 Å². The summed E-state index contributed by atoms with van der Waals surface area (Å²) in [4.78, 5) is 22.0. The fourth-order valence-corrected chi connectivity index (χ4v) is 1.05. The van der Waals surface area contributed by atoms with Crippen LogP contribution in [0.4, 0.5) is 13.2 Å². The molecule has 0 bridgehead atoms. The summed E-state index contributed by atoms with van der Waals surface area (Å²) < 4.78 is 45.6. The van der Waals surface area contributed by atoms with Crippen molar-refractivity contribution in [1.82, 2.24) is 0 Å². The van der Waals surface area contributed by atoms with Crippen LogP contribution in [0.25, 0.3) is 0 Å². The highest BCUT2D eigenvalue weighted by molar-refractivity contribution is 6.30. The summed E-state index contributed by atoms with van der Waals surface area (Å²) in [5.41, 5.74) is -0.876. The number of esters is 2. The molecule has 0 spiro atoms. The number of rotatable bonds is 2. The van der Waals surface area contributed by atoms with Gasteiger partial charge in [0.1, 0.15) is 5.75 Å². The van der Waals surface area contributed by atoms with Crippen LogP contribution in [0, 0.1) is 0 Å². The minimum atomic E-state index is -4.47. The molecule has 0 heterocycles. The highest BCUT2D eigenvalue weighted by Gasteiger charge is 2.30. The van der Waals surface area contributed by atoms with Gasteiger partial charge in [-0.2, -0.15) is 13.2 Å². The van der Waals surface area contributed by atoms with Crippen molar-refractivity contribution in [2.24, 2.45) is 0 Å². The van der Waals surface area contributed by atoms with E-state index in [1.165, 1.54) is 6.92 Å². The molecule has 0 unspecified atom stereocenters. The van der Waals surface area contributed by atoms with Crippen molar-refractivity contribution in [2.75, 3.05) is 6.61 Å². The molecule has 0 amide bonds. The first-order valence-electron chi connectivity index (χ1n) is 4.90.